The van der Waals surface area contributed by atoms with Crippen LogP contribution < -0.4 is 0 Å². The molecule has 2 aromatic rings. The van der Waals surface area contributed by atoms with E-state index in [1.54, 1.807) is 19.2 Å². The first kappa shape index (κ1) is 9.78. The largest absolute Gasteiger partial charge is 0.359 e. The molecule has 1 nitrogen and oxygen atoms in total. The van der Waals surface area contributed by atoms with Crippen molar-refractivity contribution in [2.75, 3.05) is 0 Å². The maximum atomic E-state index is 13.2. The summed E-state index contributed by atoms with van der Waals surface area (Å²) >= 11 is 0. The minimum Gasteiger partial charge on any atom is -0.359 e. The molecule has 0 saturated heterocycles. The first-order valence-electron chi connectivity index (χ1n) is 4.51. The van der Waals surface area contributed by atoms with Gasteiger partial charge in [-0.05, 0) is 18.6 Å². The summed E-state index contributed by atoms with van der Waals surface area (Å²) in [6.07, 6.45) is 1.74. The molecule has 0 aliphatic rings. The number of hydrogen-bond acceptors (Lipinski definition) is 0. The molecule has 0 unspecified atom stereocenters. The fraction of sp³-hybridized carbons (Fsp3) is 0.273. The Hall–Kier alpha value is -1.31. The summed E-state index contributed by atoms with van der Waals surface area (Å²) in [6, 6.07) is 5.55. The van der Waals surface area contributed by atoms with Crippen molar-refractivity contribution in [3.63, 3.8) is 0 Å². The fourth-order valence-corrected chi connectivity index (χ4v) is 1.20. The molecule has 0 amide bonds. The van der Waals surface area contributed by atoms with Crippen molar-refractivity contribution >= 4 is 10.9 Å². The average Bonchev–Trinajstić information content (AvgIpc) is 2.63. The normalized spacial score (nSPS) is 9.54. The summed E-state index contributed by atoms with van der Waals surface area (Å²) in [6.45, 7) is 5.76. The molecule has 0 bridgehead atoms. The van der Waals surface area contributed by atoms with E-state index in [2.05, 4.69) is 4.98 Å². The molecule has 1 N–H and O–H groups in total. The van der Waals surface area contributed by atoms with Crippen molar-refractivity contribution in [1.82, 2.24) is 4.98 Å². The summed E-state index contributed by atoms with van der Waals surface area (Å²) in [5.74, 6) is -0.146. The van der Waals surface area contributed by atoms with Gasteiger partial charge < -0.3 is 4.98 Å². The summed E-state index contributed by atoms with van der Waals surface area (Å²) in [5.41, 5.74) is 1.28. The third-order valence-electron chi connectivity index (χ3n) is 1.86. The van der Waals surface area contributed by atoms with E-state index in [0.29, 0.717) is 11.1 Å². The lowest BCUT2D eigenvalue weighted by atomic mass is 10.2. The highest BCUT2D eigenvalue weighted by molar-refractivity contribution is 5.80. The van der Waals surface area contributed by atoms with Gasteiger partial charge in [0.1, 0.15) is 5.82 Å². The van der Waals surface area contributed by atoms with E-state index in [1.165, 1.54) is 0 Å². The van der Waals surface area contributed by atoms with Crippen LogP contribution in [0.2, 0.25) is 0 Å². The van der Waals surface area contributed by atoms with Gasteiger partial charge in [-0.15, -0.1) is 0 Å². The van der Waals surface area contributed by atoms with Crippen LogP contribution in [0.1, 0.15) is 19.4 Å². The van der Waals surface area contributed by atoms with Crippen molar-refractivity contribution < 1.29 is 4.39 Å². The second-order valence-electron chi connectivity index (χ2n) is 2.64. The first-order valence-corrected chi connectivity index (χ1v) is 4.51. The molecule has 1 aromatic carbocycles. The highest BCUT2D eigenvalue weighted by atomic mass is 19.1. The highest BCUT2D eigenvalue weighted by Crippen LogP contribution is 2.18. The Balaban J connectivity index is 0.000000396. The Morgan fingerprint density at radius 2 is 1.85 bits per heavy atom. The summed E-state index contributed by atoms with van der Waals surface area (Å²) in [7, 11) is 0. The molecule has 2 heteroatoms. The number of aromatic amines is 1. The van der Waals surface area contributed by atoms with Crippen molar-refractivity contribution in [2.24, 2.45) is 0 Å². The molecule has 0 spiro atoms. The SMILES string of the molecule is CC.Cc1ccc2cc[nH]c2c1F. The van der Waals surface area contributed by atoms with E-state index >= 15 is 0 Å². The monoisotopic (exact) mass is 179 g/mol. The maximum absolute atomic E-state index is 13.2. The Morgan fingerprint density at radius 3 is 2.54 bits per heavy atom. The Bertz CT molecular complexity index is 390. The van der Waals surface area contributed by atoms with E-state index in [9.17, 15) is 4.39 Å². The molecule has 2 rings (SSSR count). The van der Waals surface area contributed by atoms with Gasteiger partial charge in [0.15, 0.2) is 0 Å². The molecule has 1 aromatic heterocycles. The van der Waals surface area contributed by atoms with Crippen LogP contribution in [0.3, 0.4) is 0 Å². The van der Waals surface area contributed by atoms with Crippen LogP contribution in [0.25, 0.3) is 10.9 Å². The van der Waals surface area contributed by atoms with Crippen LogP contribution in [-0.4, -0.2) is 4.98 Å². The average molecular weight is 179 g/mol. The van der Waals surface area contributed by atoms with Crippen molar-refractivity contribution in [3.05, 3.63) is 35.8 Å². The van der Waals surface area contributed by atoms with Gasteiger partial charge in [-0.2, -0.15) is 0 Å². The number of hydrogen-bond donors (Lipinski definition) is 1. The predicted octanol–water partition coefficient (Wildman–Crippen LogP) is 3.64. The van der Waals surface area contributed by atoms with Gasteiger partial charge in [0.05, 0.1) is 5.52 Å². The van der Waals surface area contributed by atoms with Gasteiger partial charge in [0.2, 0.25) is 0 Å². The highest BCUT2D eigenvalue weighted by Gasteiger charge is 2.02. The lowest BCUT2D eigenvalue weighted by Crippen LogP contribution is -1.82. The summed E-state index contributed by atoms with van der Waals surface area (Å²) < 4.78 is 13.2. The molecular weight excluding hydrogens is 165 g/mol. The van der Waals surface area contributed by atoms with Gasteiger partial charge in [0, 0.05) is 11.6 Å². The molecule has 1 heterocycles. The lowest BCUT2D eigenvalue weighted by molar-refractivity contribution is 0.628. The number of aryl methyl sites for hydroxylation is 1. The molecular formula is C11H14FN. The number of H-pyrrole nitrogens is 1. The molecule has 13 heavy (non-hydrogen) atoms. The molecule has 0 atom stereocenters. The van der Waals surface area contributed by atoms with Crippen LogP contribution >= 0.6 is 0 Å². The molecule has 0 aliphatic heterocycles. The Kier molecular flexibility index (Phi) is 3.07. The van der Waals surface area contributed by atoms with Crippen LogP contribution in [-0.2, 0) is 0 Å². The zero-order valence-corrected chi connectivity index (χ0v) is 8.19. The predicted molar refractivity (Wildman–Crippen MR) is 54.3 cm³/mol. The number of nitrogens with one attached hydrogen (secondary N) is 1. The minimum atomic E-state index is -0.146. The van der Waals surface area contributed by atoms with E-state index < -0.39 is 0 Å². The minimum absolute atomic E-state index is 0.146. The van der Waals surface area contributed by atoms with Crippen molar-refractivity contribution in [1.29, 1.82) is 0 Å². The number of fused-ring (bicyclic) bond motifs is 1. The van der Waals surface area contributed by atoms with Crippen LogP contribution in [0, 0.1) is 12.7 Å². The Morgan fingerprint density at radius 1 is 1.15 bits per heavy atom. The summed E-state index contributed by atoms with van der Waals surface area (Å²) in [4.78, 5) is 2.85. The van der Waals surface area contributed by atoms with Crippen molar-refractivity contribution in [2.45, 2.75) is 20.8 Å². The van der Waals surface area contributed by atoms with Crippen LogP contribution in [0.15, 0.2) is 24.4 Å². The molecule has 0 saturated carbocycles. The zero-order valence-electron chi connectivity index (χ0n) is 8.19. The summed E-state index contributed by atoms with van der Waals surface area (Å²) in [5, 5.41) is 0.924. The third-order valence-corrected chi connectivity index (χ3v) is 1.86. The number of halogens is 1. The lowest BCUT2D eigenvalue weighted by Gasteiger charge is -1.95. The van der Waals surface area contributed by atoms with E-state index in [0.717, 1.165) is 5.39 Å². The number of benzene rings is 1. The van der Waals surface area contributed by atoms with Gasteiger partial charge >= 0.3 is 0 Å². The molecule has 0 fully saturated rings. The van der Waals surface area contributed by atoms with Crippen LogP contribution in [0.5, 0.6) is 0 Å². The molecule has 0 radical (unpaired) electrons. The second-order valence-corrected chi connectivity index (χ2v) is 2.64. The van der Waals surface area contributed by atoms with Gasteiger partial charge in [-0.1, -0.05) is 26.0 Å². The van der Waals surface area contributed by atoms with Crippen molar-refractivity contribution in [3.8, 4) is 0 Å². The van der Waals surface area contributed by atoms with Gasteiger partial charge in [-0.3, -0.25) is 0 Å². The van der Waals surface area contributed by atoms with E-state index in [4.69, 9.17) is 0 Å². The number of rotatable bonds is 0. The smallest absolute Gasteiger partial charge is 0.150 e. The van der Waals surface area contributed by atoms with E-state index in [1.807, 2.05) is 26.0 Å². The standard InChI is InChI=1S/C9H8FN.C2H6/c1-6-2-3-7-4-5-11-9(7)8(6)10;1-2/h2-5,11H,1H3;1-2H3. The third kappa shape index (κ3) is 1.72. The zero-order chi connectivity index (χ0) is 9.84. The fourth-order valence-electron chi connectivity index (χ4n) is 1.20. The number of aromatic nitrogens is 1. The second kappa shape index (κ2) is 4.08. The van der Waals surface area contributed by atoms with Gasteiger partial charge in [-0.25, -0.2) is 4.39 Å². The van der Waals surface area contributed by atoms with E-state index in [-0.39, 0.29) is 5.82 Å². The van der Waals surface area contributed by atoms with Gasteiger partial charge in [0.25, 0.3) is 0 Å². The molecule has 70 valence electrons. The Labute approximate surface area is 77.6 Å². The maximum Gasteiger partial charge on any atom is 0.150 e. The topological polar surface area (TPSA) is 15.8 Å². The van der Waals surface area contributed by atoms with Crippen LogP contribution in [0.4, 0.5) is 4.39 Å². The first-order chi connectivity index (χ1) is 6.29. The quantitative estimate of drug-likeness (QED) is 0.635. The molecule has 0 aliphatic carbocycles.